The van der Waals surface area contributed by atoms with Gasteiger partial charge in [0, 0.05) is 32.2 Å². The fourth-order valence-corrected chi connectivity index (χ4v) is 3.65. The molecular formula is C15H28N4O2. The van der Waals surface area contributed by atoms with Crippen molar-refractivity contribution in [2.75, 3.05) is 26.2 Å². The number of carbonyl (C=O) groups excluding carboxylic acids is 1. The van der Waals surface area contributed by atoms with Gasteiger partial charge in [0.15, 0.2) is 5.84 Å². The Labute approximate surface area is 127 Å². The van der Waals surface area contributed by atoms with Crippen molar-refractivity contribution in [3.63, 3.8) is 0 Å². The summed E-state index contributed by atoms with van der Waals surface area (Å²) < 4.78 is 0. The molecule has 120 valence electrons. The lowest BCUT2D eigenvalue weighted by molar-refractivity contribution is -0.146. The first-order valence-electron chi connectivity index (χ1n) is 7.96. The van der Waals surface area contributed by atoms with Gasteiger partial charge in [-0.05, 0) is 32.1 Å². The molecule has 2 rings (SSSR count). The number of nitrogens with two attached hydrogens (primary N) is 1. The summed E-state index contributed by atoms with van der Waals surface area (Å²) >= 11 is 0. The first-order valence-corrected chi connectivity index (χ1v) is 7.96. The van der Waals surface area contributed by atoms with E-state index in [1.165, 1.54) is 0 Å². The van der Waals surface area contributed by atoms with E-state index in [9.17, 15) is 4.79 Å². The maximum atomic E-state index is 12.8. The van der Waals surface area contributed by atoms with Gasteiger partial charge < -0.3 is 15.8 Å². The quantitative estimate of drug-likeness (QED) is 0.352. The number of hydrogen-bond acceptors (Lipinski definition) is 4. The van der Waals surface area contributed by atoms with Crippen molar-refractivity contribution in [1.29, 1.82) is 0 Å². The number of nitrogens with zero attached hydrogens (tertiary/aromatic N) is 3. The van der Waals surface area contributed by atoms with E-state index in [4.69, 9.17) is 10.9 Å². The largest absolute Gasteiger partial charge is 0.409 e. The van der Waals surface area contributed by atoms with Gasteiger partial charge in [0.1, 0.15) is 5.41 Å². The Hall–Kier alpha value is -1.30. The molecule has 0 aromatic carbocycles. The number of rotatable bonds is 4. The average molecular weight is 296 g/mol. The molecule has 0 spiro atoms. The zero-order chi connectivity index (χ0) is 15.6. The fourth-order valence-electron chi connectivity index (χ4n) is 3.65. The van der Waals surface area contributed by atoms with Crippen LogP contribution in [-0.2, 0) is 4.79 Å². The minimum Gasteiger partial charge on any atom is -0.409 e. The molecule has 3 N–H and O–H groups in total. The van der Waals surface area contributed by atoms with Gasteiger partial charge in [0.25, 0.3) is 0 Å². The summed E-state index contributed by atoms with van der Waals surface area (Å²) in [5.74, 6) is 0.574. The van der Waals surface area contributed by atoms with Gasteiger partial charge in [-0.15, -0.1) is 0 Å². The Bertz CT molecular complexity index is 410. The molecule has 0 aromatic rings. The van der Waals surface area contributed by atoms with Crippen LogP contribution in [0.15, 0.2) is 5.16 Å². The minimum absolute atomic E-state index is 0.0414. The molecule has 2 aliphatic rings. The van der Waals surface area contributed by atoms with Gasteiger partial charge in [-0.3, -0.25) is 9.69 Å². The lowest BCUT2D eigenvalue weighted by atomic mass is 9.61. The molecule has 1 amide bonds. The summed E-state index contributed by atoms with van der Waals surface area (Å²) in [6.45, 7) is 9.78. The Kier molecular flexibility index (Phi) is 4.76. The standard InChI is InChI=1S/C15H28N4O2/c1-4-12(3)18-5-7-19(8-6-18)14(20)15(13(16)17-21)9-11(2)10-15/h11-12,21H,4-10H2,1-3H3,(H2,16,17). The number of hydrogen-bond donors (Lipinski definition) is 2. The zero-order valence-corrected chi connectivity index (χ0v) is 13.4. The van der Waals surface area contributed by atoms with Crippen LogP contribution in [0.25, 0.3) is 0 Å². The molecule has 1 heterocycles. The van der Waals surface area contributed by atoms with Crippen LogP contribution in [-0.4, -0.2) is 59.0 Å². The molecule has 1 saturated heterocycles. The summed E-state index contributed by atoms with van der Waals surface area (Å²) in [4.78, 5) is 17.1. The van der Waals surface area contributed by atoms with E-state index in [0.717, 1.165) is 32.6 Å². The molecular weight excluding hydrogens is 268 g/mol. The Morgan fingerprint density at radius 1 is 1.38 bits per heavy atom. The van der Waals surface area contributed by atoms with E-state index in [1.54, 1.807) is 0 Å². The lowest BCUT2D eigenvalue weighted by Crippen LogP contribution is -2.61. The molecule has 1 aliphatic heterocycles. The number of amidine groups is 1. The molecule has 1 aliphatic carbocycles. The number of oxime groups is 1. The summed E-state index contributed by atoms with van der Waals surface area (Å²) in [5, 5.41) is 12.1. The monoisotopic (exact) mass is 296 g/mol. The summed E-state index contributed by atoms with van der Waals surface area (Å²) in [6.07, 6.45) is 2.50. The van der Waals surface area contributed by atoms with Crippen molar-refractivity contribution in [3.8, 4) is 0 Å². The van der Waals surface area contributed by atoms with Gasteiger partial charge in [-0.2, -0.15) is 0 Å². The van der Waals surface area contributed by atoms with Crippen molar-refractivity contribution in [1.82, 2.24) is 9.80 Å². The average Bonchev–Trinajstić information content (AvgIpc) is 2.49. The first kappa shape index (κ1) is 16.1. The molecule has 6 heteroatoms. The SMILES string of the molecule is CCC(C)N1CCN(C(=O)C2(C(N)=NO)CC(C)C2)CC1. The molecule has 2 fully saturated rings. The van der Waals surface area contributed by atoms with Crippen LogP contribution in [0.4, 0.5) is 0 Å². The van der Waals surface area contributed by atoms with Crippen molar-refractivity contribution >= 4 is 11.7 Å². The number of amides is 1. The molecule has 1 unspecified atom stereocenters. The van der Waals surface area contributed by atoms with Crippen molar-refractivity contribution in [3.05, 3.63) is 0 Å². The Morgan fingerprint density at radius 2 is 1.95 bits per heavy atom. The smallest absolute Gasteiger partial charge is 0.236 e. The van der Waals surface area contributed by atoms with Crippen LogP contribution in [0.2, 0.25) is 0 Å². The van der Waals surface area contributed by atoms with Crippen molar-refractivity contribution in [2.45, 2.75) is 46.1 Å². The van der Waals surface area contributed by atoms with E-state index < -0.39 is 5.41 Å². The fraction of sp³-hybridized carbons (Fsp3) is 0.867. The van der Waals surface area contributed by atoms with Gasteiger partial charge in [0.05, 0.1) is 0 Å². The molecule has 1 atom stereocenters. The predicted octanol–water partition coefficient (Wildman–Crippen LogP) is 1.09. The second-order valence-corrected chi connectivity index (χ2v) is 6.67. The van der Waals surface area contributed by atoms with E-state index in [-0.39, 0.29) is 11.7 Å². The molecule has 21 heavy (non-hydrogen) atoms. The highest BCUT2D eigenvalue weighted by atomic mass is 16.4. The molecule has 0 bridgehead atoms. The topological polar surface area (TPSA) is 82.2 Å². The highest BCUT2D eigenvalue weighted by molar-refractivity contribution is 6.07. The van der Waals surface area contributed by atoms with Gasteiger partial charge in [-0.1, -0.05) is 19.0 Å². The van der Waals surface area contributed by atoms with Gasteiger partial charge in [-0.25, -0.2) is 0 Å². The number of piperazine rings is 1. The summed E-state index contributed by atoms with van der Waals surface area (Å²) in [5.41, 5.74) is 5.06. The van der Waals surface area contributed by atoms with E-state index in [0.29, 0.717) is 24.8 Å². The number of carbonyl (C=O) groups is 1. The third kappa shape index (κ3) is 2.86. The summed E-state index contributed by atoms with van der Waals surface area (Å²) in [6, 6.07) is 0.559. The second-order valence-electron chi connectivity index (χ2n) is 6.67. The lowest BCUT2D eigenvalue weighted by Gasteiger charge is -2.48. The molecule has 1 saturated carbocycles. The minimum atomic E-state index is -0.757. The van der Waals surface area contributed by atoms with Crippen LogP contribution >= 0.6 is 0 Å². The van der Waals surface area contributed by atoms with Crippen LogP contribution < -0.4 is 5.73 Å². The van der Waals surface area contributed by atoms with E-state index >= 15 is 0 Å². The van der Waals surface area contributed by atoms with Crippen LogP contribution in [0.5, 0.6) is 0 Å². The Morgan fingerprint density at radius 3 is 2.38 bits per heavy atom. The normalized spacial score (nSPS) is 32.6. The van der Waals surface area contributed by atoms with Gasteiger partial charge >= 0.3 is 0 Å². The highest BCUT2D eigenvalue weighted by Gasteiger charge is 2.53. The maximum Gasteiger partial charge on any atom is 0.236 e. The zero-order valence-electron chi connectivity index (χ0n) is 13.4. The van der Waals surface area contributed by atoms with E-state index in [1.807, 2.05) is 4.90 Å². The summed E-state index contributed by atoms with van der Waals surface area (Å²) in [7, 11) is 0. The van der Waals surface area contributed by atoms with Crippen LogP contribution in [0.1, 0.15) is 40.0 Å². The van der Waals surface area contributed by atoms with Crippen LogP contribution in [0, 0.1) is 11.3 Å². The Balaban J connectivity index is 2.01. The third-order valence-corrected chi connectivity index (χ3v) is 5.22. The molecule has 6 nitrogen and oxygen atoms in total. The van der Waals surface area contributed by atoms with E-state index in [2.05, 4.69) is 30.8 Å². The second kappa shape index (κ2) is 6.22. The van der Waals surface area contributed by atoms with Gasteiger partial charge in [0.2, 0.25) is 5.91 Å². The maximum absolute atomic E-state index is 12.8. The third-order valence-electron chi connectivity index (χ3n) is 5.22. The highest BCUT2D eigenvalue weighted by Crippen LogP contribution is 2.47. The predicted molar refractivity (Wildman–Crippen MR) is 82.1 cm³/mol. The van der Waals surface area contributed by atoms with Crippen molar-refractivity contribution < 1.29 is 10.0 Å². The van der Waals surface area contributed by atoms with Crippen LogP contribution in [0.3, 0.4) is 0 Å². The first-order chi connectivity index (χ1) is 9.94. The van der Waals surface area contributed by atoms with Crippen molar-refractivity contribution in [2.24, 2.45) is 22.2 Å². The molecule has 0 aromatic heterocycles. The molecule has 0 radical (unpaired) electrons.